The number of carbonyl (C=O) groups is 2. The van der Waals surface area contributed by atoms with Gasteiger partial charge in [-0.15, -0.1) is 11.3 Å². The molecule has 2 heterocycles. The Kier molecular flexibility index (Phi) is 3.75. The lowest BCUT2D eigenvalue weighted by Crippen LogP contribution is -2.29. The fourth-order valence-electron chi connectivity index (χ4n) is 1.32. The van der Waals surface area contributed by atoms with E-state index in [1.54, 1.807) is 24.3 Å². The smallest absolute Gasteiger partial charge is 0.275 e. The van der Waals surface area contributed by atoms with Crippen molar-refractivity contribution in [1.82, 2.24) is 10.7 Å². The second-order valence-electron chi connectivity index (χ2n) is 3.40. The number of hydrazine groups is 1. The first kappa shape index (κ1) is 12.3. The number of furan rings is 1. The van der Waals surface area contributed by atoms with Crippen LogP contribution in [0.5, 0.6) is 0 Å². The summed E-state index contributed by atoms with van der Waals surface area (Å²) in [5.41, 5.74) is 2.01. The van der Waals surface area contributed by atoms with Gasteiger partial charge in [-0.05, 0) is 24.3 Å². The van der Waals surface area contributed by atoms with Gasteiger partial charge in [0.25, 0.3) is 11.8 Å². The van der Waals surface area contributed by atoms with Gasteiger partial charge in [0.15, 0.2) is 0 Å². The molecule has 94 valence electrons. The third-order valence-corrected chi connectivity index (χ3v) is 3.27. The van der Waals surface area contributed by atoms with E-state index in [1.165, 1.54) is 6.26 Å². The molecule has 0 atom stereocenters. The fourth-order valence-corrected chi connectivity index (χ4v) is 2.15. The zero-order chi connectivity index (χ0) is 13.0. The lowest BCUT2D eigenvalue weighted by atomic mass is 10.4. The Labute approximate surface area is 107 Å². The largest absolute Gasteiger partial charge is 0.467 e. The molecule has 7 heteroatoms. The molecule has 2 aromatic heterocycles. The monoisotopic (exact) mass is 265 g/mol. The molecule has 6 nitrogen and oxygen atoms in total. The lowest BCUT2D eigenvalue weighted by Gasteiger charge is -2.00. The highest BCUT2D eigenvalue weighted by Crippen LogP contribution is 2.16. The number of carbonyl (C=O) groups excluding carboxylic acids is 2. The molecule has 0 aromatic carbocycles. The van der Waals surface area contributed by atoms with Crippen molar-refractivity contribution in [3.05, 3.63) is 46.0 Å². The molecular weight excluding hydrogens is 254 g/mol. The zero-order valence-electron chi connectivity index (χ0n) is 9.30. The third-order valence-electron chi connectivity index (χ3n) is 2.19. The summed E-state index contributed by atoms with van der Waals surface area (Å²) >= 11 is 1.08. The molecule has 0 saturated heterocycles. The molecular formula is C11H11N3O3S. The molecule has 0 aliphatic carbocycles. The molecule has 18 heavy (non-hydrogen) atoms. The summed E-state index contributed by atoms with van der Waals surface area (Å²) in [4.78, 5) is 23.8. The number of nitrogen functional groups attached to an aromatic ring is 1. The van der Waals surface area contributed by atoms with Gasteiger partial charge in [0.2, 0.25) is 0 Å². The summed E-state index contributed by atoms with van der Waals surface area (Å²) in [6.07, 6.45) is 1.54. The number of thiophene rings is 1. The summed E-state index contributed by atoms with van der Waals surface area (Å²) in [6.45, 7) is 0.308. The van der Waals surface area contributed by atoms with Crippen LogP contribution in [0.3, 0.4) is 0 Å². The van der Waals surface area contributed by atoms with Crippen molar-refractivity contribution < 1.29 is 14.0 Å². The minimum atomic E-state index is -0.412. The van der Waals surface area contributed by atoms with Crippen molar-refractivity contribution in [3.63, 3.8) is 0 Å². The van der Waals surface area contributed by atoms with E-state index in [4.69, 9.17) is 10.3 Å². The van der Waals surface area contributed by atoms with E-state index in [0.717, 1.165) is 11.3 Å². The fraction of sp³-hybridized carbons (Fsp3) is 0.0909. The van der Waals surface area contributed by atoms with Crippen LogP contribution < -0.4 is 16.6 Å². The molecule has 2 aromatic rings. The molecule has 0 aliphatic rings. The Morgan fingerprint density at radius 1 is 1.22 bits per heavy atom. The van der Waals surface area contributed by atoms with Gasteiger partial charge in [-0.25, -0.2) is 5.84 Å². The maximum atomic E-state index is 11.8. The number of nitrogens with one attached hydrogen (secondary N) is 2. The third kappa shape index (κ3) is 2.76. The van der Waals surface area contributed by atoms with Gasteiger partial charge >= 0.3 is 0 Å². The molecule has 0 unspecified atom stereocenters. The van der Waals surface area contributed by atoms with Crippen LogP contribution >= 0.6 is 11.3 Å². The van der Waals surface area contributed by atoms with Crippen LogP contribution in [0, 0.1) is 0 Å². The second-order valence-corrected chi connectivity index (χ2v) is 4.48. The Morgan fingerprint density at radius 3 is 2.56 bits per heavy atom. The Bertz CT molecular complexity index is 548. The van der Waals surface area contributed by atoms with Crippen LogP contribution in [-0.2, 0) is 6.54 Å². The van der Waals surface area contributed by atoms with Crippen molar-refractivity contribution >= 4 is 23.2 Å². The van der Waals surface area contributed by atoms with E-state index in [-0.39, 0.29) is 5.91 Å². The van der Waals surface area contributed by atoms with Gasteiger partial charge in [-0.3, -0.25) is 15.0 Å². The molecule has 0 aliphatic heterocycles. The maximum Gasteiger partial charge on any atom is 0.275 e. The van der Waals surface area contributed by atoms with Crippen LogP contribution in [0.1, 0.15) is 25.1 Å². The predicted octanol–water partition coefficient (Wildman–Crippen LogP) is 0.875. The van der Waals surface area contributed by atoms with Crippen LogP contribution in [0.25, 0.3) is 0 Å². The standard InChI is InChI=1S/C11H11N3O3S/c12-14-11(16)9-4-3-8(18-9)10(15)13-6-7-2-1-5-17-7/h1-5H,6,12H2,(H,13,15)(H,14,16). The SMILES string of the molecule is NNC(=O)c1ccc(C(=O)NCc2ccco2)s1. The Morgan fingerprint density at radius 2 is 1.94 bits per heavy atom. The first-order chi connectivity index (χ1) is 8.70. The lowest BCUT2D eigenvalue weighted by molar-refractivity contribution is 0.0948. The molecule has 0 bridgehead atoms. The van der Waals surface area contributed by atoms with Gasteiger partial charge in [0, 0.05) is 0 Å². The summed E-state index contributed by atoms with van der Waals surface area (Å²) < 4.78 is 5.09. The molecule has 2 amide bonds. The van der Waals surface area contributed by atoms with Crippen molar-refractivity contribution in [2.45, 2.75) is 6.54 Å². The van der Waals surface area contributed by atoms with Crippen LogP contribution in [0.15, 0.2) is 34.9 Å². The number of amides is 2. The highest BCUT2D eigenvalue weighted by atomic mass is 32.1. The second kappa shape index (κ2) is 5.48. The Hall–Kier alpha value is -2.12. The molecule has 0 radical (unpaired) electrons. The molecule has 0 saturated carbocycles. The molecule has 0 spiro atoms. The quantitative estimate of drug-likeness (QED) is 0.434. The molecule has 0 fully saturated rings. The first-order valence-electron chi connectivity index (χ1n) is 5.12. The summed E-state index contributed by atoms with van der Waals surface area (Å²) in [5.74, 6) is 5.00. The maximum absolute atomic E-state index is 11.8. The number of hydrogen-bond donors (Lipinski definition) is 3. The van der Waals surface area contributed by atoms with Gasteiger partial charge in [0.1, 0.15) is 5.76 Å². The average molecular weight is 265 g/mol. The first-order valence-corrected chi connectivity index (χ1v) is 5.93. The van der Waals surface area contributed by atoms with Crippen molar-refractivity contribution in [3.8, 4) is 0 Å². The van der Waals surface area contributed by atoms with Gasteiger partial charge in [0.05, 0.1) is 22.6 Å². The average Bonchev–Trinajstić information content (AvgIpc) is 3.05. The predicted molar refractivity (Wildman–Crippen MR) is 65.9 cm³/mol. The highest BCUT2D eigenvalue weighted by molar-refractivity contribution is 7.15. The minimum Gasteiger partial charge on any atom is -0.467 e. The van der Waals surface area contributed by atoms with Gasteiger partial charge in [-0.1, -0.05) is 0 Å². The van der Waals surface area contributed by atoms with Gasteiger partial charge < -0.3 is 9.73 Å². The van der Waals surface area contributed by atoms with Gasteiger partial charge in [-0.2, -0.15) is 0 Å². The van der Waals surface area contributed by atoms with Crippen LogP contribution in [-0.4, -0.2) is 11.8 Å². The Balaban J connectivity index is 1.96. The normalized spacial score (nSPS) is 10.1. The van der Waals surface area contributed by atoms with E-state index in [2.05, 4.69) is 5.32 Å². The summed E-state index contributed by atoms with van der Waals surface area (Å²) in [7, 11) is 0. The molecule has 4 N–H and O–H groups in total. The molecule has 2 rings (SSSR count). The van der Waals surface area contributed by atoms with Crippen LogP contribution in [0.4, 0.5) is 0 Å². The van der Waals surface area contributed by atoms with E-state index in [0.29, 0.717) is 22.1 Å². The number of hydrogen-bond acceptors (Lipinski definition) is 5. The topological polar surface area (TPSA) is 97.4 Å². The van der Waals surface area contributed by atoms with Crippen molar-refractivity contribution in [2.75, 3.05) is 0 Å². The van der Waals surface area contributed by atoms with E-state index in [1.807, 2.05) is 5.43 Å². The van der Waals surface area contributed by atoms with E-state index >= 15 is 0 Å². The summed E-state index contributed by atoms with van der Waals surface area (Å²) in [5, 5.41) is 2.69. The number of nitrogens with two attached hydrogens (primary N) is 1. The van der Waals surface area contributed by atoms with Crippen LogP contribution in [0.2, 0.25) is 0 Å². The van der Waals surface area contributed by atoms with Crippen molar-refractivity contribution in [2.24, 2.45) is 5.84 Å². The summed E-state index contributed by atoms with van der Waals surface area (Å²) in [6, 6.07) is 6.64. The van der Waals surface area contributed by atoms with E-state index < -0.39 is 5.91 Å². The minimum absolute atomic E-state index is 0.257. The van der Waals surface area contributed by atoms with Crippen molar-refractivity contribution in [1.29, 1.82) is 0 Å². The zero-order valence-corrected chi connectivity index (χ0v) is 10.1. The number of rotatable bonds is 4. The highest BCUT2D eigenvalue weighted by Gasteiger charge is 2.12. The van der Waals surface area contributed by atoms with E-state index in [9.17, 15) is 9.59 Å².